The average Bonchev–Trinajstić information content (AvgIpc) is 2.59. The molecule has 2 aromatic rings. The number of hydrogen-bond acceptors (Lipinski definition) is 7. The quantitative estimate of drug-likeness (QED) is 0.535. The third-order valence-corrected chi connectivity index (χ3v) is 4.93. The SMILES string of the molecule is CC(=O)c1ccc(S(=O)(=O)NCCNc2cc(N(C)C)cnn2)cc1. The molecule has 0 saturated heterocycles. The van der Waals surface area contributed by atoms with Gasteiger partial charge >= 0.3 is 0 Å². The summed E-state index contributed by atoms with van der Waals surface area (Å²) < 4.78 is 26.9. The van der Waals surface area contributed by atoms with E-state index in [1.807, 2.05) is 25.1 Å². The largest absolute Gasteiger partial charge is 0.376 e. The number of ketones is 1. The molecule has 134 valence electrons. The van der Waals surface area contributed by atoms with E-state index < -0.39 is 10.0 Å². The number of nitrogens with one attached hydrogen (secondary N) is 2. The van der Waals surface area contributed by atoms with Gasteiger partial charge in [-0.05, 0) is 19.1 Å². The summed E-state index contributed by atoms with van der Waals surface area (Å²) in [6.45, 7) is 1.97. The maximum Gasteiger partial charge on any atom is 0.240 e. The molecule has 0 aliphatic rings. The highest BCUT2D eigenvalue weighted by Crippen LogP contribution is 2.13. The molecule has 9 heteroatoms. The second kappa shape index (κ2) is 8.04. The van der Waals surface area contributed by atoms with E-state index in [-0.39, 0.29) is 17.2 Å². The average molecular weight is 363 g/mol. The van der Waals surface area contributed by atoms with Crippen LogP contribution in [-0.4, -0.2) is 51.6 Å². The molecule has 1 aromatic heterocycles. The van der Waals surface area contributed by atoms with Gasteiger partial charge in [0.05, 0.1) is 16.8 Å². The summed E-state index contributed by atoms with van der Waals surface area (Å²) in [6.07, 6.45) is 1.64. The van der Waals surface area contributed by atoms with Crippen molar-refractivity contribution in [2.45, 2.75) is 11.8 Å². The lowest BCUT2D eigenvalue weighted by Crippen LogP contribution is -2.29. The number of benzene rings is 1. The number of aromatic nitrogens is 2. The molecule has 0 radical (unpaired) electrons. The van der Waals surface area contributed by atoms with Crippen LogP contribution in [0.5, 0.6) is 0 Å². The standard InChI is InChI=1S/C16H21N5O3S/c1-12(22)13-4-6-15(7-5-13)25(23,24)19-9-8-17-16-10-14(21(2)3)11-18-20-16/h4-7,10-11,19H,8-9H2,1-3H3,(H,17,20). The van der Waals surface area contributed by atoms with Crippen LogP contribution in [-0.2, 0) is 10.0 Å². The molecule has 0 amide bonds. The van der Waals surface area contributed by atoms with E-state index in [0.29, 0.717) is 17.9 Å². The highest BCUT2D eigenvalue weighted by molar-refractivity contribution is 7.89. The Kier molecular flexibility index (Phi) is 6.05. The van der Waals surface area contributed by atoms with Gasteiger partial charge in [-0.15, -0.1) is 5.10 Å². The fourth-order valence-corrected chi connectivity index (χ4v) is 3.05. The Bertz CT molecular complexity index is 835. The first kappa shape index (κ1) is 18.8. The molecule has 0 saturated carbocycles. The van der Waals surface area contributed by atoms with Crippen molar-refractivity contribution in [3.05, 3.63) is 42.1 Å². The number of rotatable bonds is 8. The highest BCUT2D eigenvalue weighted by atomic mass is 32.2. The summed E-state index contributed by atoms with van der Waals surface area (Å²) in [5, 5.41) is 10.8. The molecule has 2 rings (SSSR count). The fourth-order valence-electron chi connectivity index (χ4n) is 2.02. The van der Waals surface area contributed by atoms with Crippen LogP contribution in [0.15, 0.2) is 41.4 Å². The molecule has 0 aliphatic heterocycles. The van der Waals surface area contributed by atoms with Crippen molar-refractivity contribution in [1.29, 1.82) is 0 Å². The third-order valence-electron chi connectivity index (χ3n) is 3.45. The predicted octanol–water partition coefficient (Wildman–Crippen LogP) is 1.14. The topological polar surface area (TPSA) is 104 Å². The summed E-state index contributed by atoms with van der Waals surface area (Å²) >= 11 is 0. The van der Waals surface area contributed by atoms with Gasteiger partial charge in [0.25, 0.3) is 0 Å². The van der Waals surface area contributed by atoms with Crippen LogP contribution in [0.25, 0.3) is 0 Å². The van der Waals surface area contributed by atoms with Crippen LogP contribution in [0, 0.1) is 0 Å². The molecule has 8 nitrogen and oxygen atoms in total. The molecule has 1 heterocycles. The fraction of sp³-hybridized carbons (Fsp3) is 0.312. The number of carbonyl (C=O) groups excluding carboxylic acids is 1. The minimum atomic E-state index is -3.62. The number of nitrogens with zero attached hydrogens (tertiary/aromatic N) is 3. The second-order valence-electron chi connectivity index (χ2n) is 5.60. The van der Waals surface area contributed by atoms with E-state index >= 15 is 0 Å². The Labute approximate surface area is 147 Å². The lowest BCUT2D eigenvalue weighted by atomic mass is 10.2. The van der Waals surface area contributed by atoms with E-state index in [0.717, 1.165) is 5.69 Å². The Balaban J connectivity index is 1.90. The predicted molar refractivity (Wildman–Crippen MR) is 96.5 cm³/mol. The molecule has 0 bridgehead atoms. The van der Waals surface area contributed by atoms with Crippen LogP contribution in [0.3, 0.4) is 0 Å². The zero-order valence-electron chi connectivity index (χ0n) is 14.4. The van der Waals surface area contributed by atoms with Gasteiger partial charge in [-0.2, -0.15) is 5.10 Å². The summed E-state index contributed by atoms with van der Waals surface area (Å²) in [4.78, 5) is 13.2. The number of carbonyl (C=O) groups is 1. The molecule has 0 atom stereocenters. The maximum absolute atomic E-state index is 12.2. The van der Waals surface area contributed by atoms with Crippen molar-refractivity contribution < 1.29 is 13.2 Å². The minimum Gasteiger partial charge on any atom is -0.376 e. The number of anilines is 2. The smallest absolute Gasteiger partial charge is 0.240 e. The van der Waals surface area contributed by atoms with Crippen LogP contribution in [0.1, 0.15) is 17.3 Å². The second-order valence-corrected chi connectivity index (χ2v) is 7.37. The van der Waals surface area contributed by atoms with Crippen molar-refractivity contribution in [3.8, 4) is 0 Å². The van der Waals surface area contributed by atoms with Gasteiger partial charge in [-0.3, -0.25) is 4.79 Å². The zero-order valence-corrected chi connectivity index (χ0v) is 15.2. The monoisotopic (exact) mass is 363 g/mol. The number of Topliss-reactive ketones (excluding diaryl/α,β-unsaturated/α-hetero) is 1. The zero-order chi connectivity index (χ0) is 18.4. The lowest BCUT2D eigenvalue weighted by molar-refractivity contribution is 0.101. The molecular weight excluding hydrogens is 342 g/mol. The third kappa shape index (κ3) is 5.23. The van der Waals surface area contributed by atoms with Gasteiger partial charge in [0, 0.05) is 38.8 Å². The van der Waals surface area contributed by atoms with Crippen molar-refractivity contribution in [2.75, 3.05) is 37.4 Å². The van der Waals surface area contributed by atoms with Gasteiger partial charge in [0.2, 0.25) is 10.0 Å². The van der Waals surface area contributed by atoms with Gasteiger partial charge in [0.1, 0.15) is 0 Å². The van der Waals surface area contributed by atoms with Crippen LogP contribution >= 0.6 is 0 Å². The van der Waals surface area contributed by atoms with E-state index in [9.17, 15) is 13.2 Å². The van der Waals surface area contributed by atoms with Crippen LogP contribution in [0.2, 0.25) is 0 Å². The summed E-state index contributed by atoms with van der Waals surface area (Å²) in [5.41, 5.74) is 1.36. The van der Waals surface area contributed by atoms with Crippen molar-refractivity contribution >= 4 is 27.3 Å². The van der Waals surface area contributed by atoms with Gasteiger partial charge in [-0.25, -0.2) is 13.1 Å². The molecule has 0 fully saturated rings. The van der Waals surface area contributed by atoms with E-state index in [1.165, 1.54) is 31.2 Å². The Morgan fingerprint density at radius 3 is 2.44 bits per heavy atom. The minimum absolute atomic E-state index is 0.109. The van der Waals surface area contributed by atoms with Gasteiger partial charge in [0.15, 0.2) is 11.6 Å². The van der Waals surface area contributed by atoms with Crippen molar-refractivity contribution in [1.82, 2.24) is 14.9 Å². The molecule has 1 aromatic carbocycles. The van der Waals surface area contributed by atoms with Gasteiger partial charge < -0.3 is 10.2 Å². The summed E-state index contributed by atoms with van der Waals surface area (Å²) in [5.74, 6) is 0.457. The molecule has 0 unspecified atom stereocenters. The van der Waals surface area contributed by atoms with E-state index in [4.69, 9.17) is 0 Å². The summed E-state index contributed by atoms with van der Waals surface area (Å²) in [7, 11) is 0.166. The Morgan fingerprint density at radius 2 is 1.84 bits per heavy atom. The Morgan fingerprint density at radius 1 is 1.16 bits per heavy atom. The van der Waals surface area contributed by atoms with Crippen molar-refractivity contribution in [2.24, 2.45) is 0 Å². The van der Waals surface area contributed by atoms with E-state index in [1.54, 1.807) is 6.20 Å². The molecule has 0 aliphatic carbocycles. The molecule has 25 heavy (non-hydrogen) atoms. The van der Waals surface area contributed by atoms with E-state index in [2.05, 4.69) is 20.2 Å². The molecule has 0 spiro atoms. The van der Waals surface area contributed by atoms with Gasteiger partial charge in [-0.1, -0.05) is 12.1 Å². The molecule has 2 N–H and O–H groups in total. The lowest BCUT2D eigenvalue weighted by Gasteiger charge is -2.13. The van der Waals surface area contributed by atoms with Crippen LogP contribution in [0.4, 0.5) is 11.5 Å². The highest BCUT2D eigenvalue weighted by Gasteiger charge is 2.13. The Hall–Kier alpha value is -2.52. The van der Waals surface area contributed by atoms with Crippen LogP contribution < -0.4 is 14.9 Å². The molecular formula is C16H21N5O3S. The first-order valence-electron chi connectivity index (χ1n) is 7.64. The normalized spacial score (nSPS) is 11.2. The summed E-state index contributed by atoms with van der Waals surface area (Å²) in [6, 6.07) is 7.65. The maximum atomic E-state index is 12.2. The van der Waals surface area contributed by atoms with Crippen molar-refractivity contribution in [3.63, 3.8) is 0 Å². The first-order valence-corrected chi connectivity index (χ1v) is 9.12. The number of sulfonamides is 1. The first-order chi connectivity index (χ1) is 11.8. The number of hydrogen-bond donors (Lipinski definition) is 2.